The Morgan fingerprint density at radius 2 is 1.96 bits per heavy atom. The number of carbonyl (C=O) groups excluding carboxylic acids is 2. The van der Waals surface area contributed by atoms with Crippen LogP contribution in [0.5, 0.6) is 0 Å². The van der Waals surface area contributed by atoms with Gasteiger partial charge in [-0.3, -0.25) is 9.59 Å². The van der Waals surface area contributed by atoms with Gasteiger partial charge in [0.2, 0.25) is 5.91 Å². The van der Waals surface area contributed by atoms with E-state index in [0.717, 1.165) is 4.68 Å². The molecule has 0 aliphatic carbocycles. The minimum Gasteiger partial charge on any atom is -0.462 e. The molecular formula is C18H18N4O4. The van der Waals surface area contributed by atoms with Crippen LogP contribution in [-0.4, -0.2) is 32.7 Å². The summed E-state index contributed by atoms with van der Waals surface area (Å²) in [5.74, 6) is -0.811. The van der Waals surface area contributed by atoms with E-state index in [1.807, 2.05) is 0 Å². The van der Waals surface area contributed by atoms with Crippen molar-refractivity contribution < 1.29 is 14.3 Å². The van der Waals surface area contributed by atoms with Crippen LogP contribution in [0, 0.1) is 0 Å². The van der Waals surface area contributed by atoms with Gasteiger partial charge in [-0.15, -0.1) is 0 Å². The van der Waals surface area contributed by atoms with Crippen molar-refractivity contribution in [1.29, 1.82) is 0 Å². The average molecular weight is 354 g/mol. The molecule has 26 heavy (non-hydrogen) atoms. The van der Waals surface area contributed by atoms with Crippen molar-refractivity contribution in [3.63, 3.8) is 0 Å². The van der Waals surface area contributed by atoms with Crippen LogP contribution in [0.4, 0.5) is 5.69 Å². The largest absolute Gasteiger partial charge is 0.462 e. The second kappa shape index (κ2) is 7.22. The fraction of sp³-hybridized carbons (Fsp3) is 0.222. The molecule has 0 fully saturated rings. The fourth-order valence-electron chi connectivity index (χ4n) is 2.49. The second-order valence-corrected chi connectivity index (χ2v) is 5.64. The Morgan fingerprint density at radius 3 is 2.65 bits per heavy atom. The maximum atomic E-state index is 12.5. The number of hydrogen-bond acceptors (Lipinski definition) is 5. The monoisotopic (exact) mass is 354 g/mol. The molecular weight excluding hydrogens is 336 g/mol. The van der Waals surface area contributed by atoms with Crippen LogP contribution in [0.1, 0.15) is 30.2 Å². The first kappa shape index (κ1) is 17.4. The Kier molecular flexibility index (Phi) is 4.83. The van der Waals surface area contributed by atoms with Gasteiger partial charge in [0.25, 0.3) is 5.56 Å². The summed E-state index contributed by atoms with van der Waals surface area (Å²) in [6.07, 6.45) is 3.19. The molecule has 1 unspecified atom stereocenters. The number of anilines is 1. The molecule has 134 valence electrons. The van der Waals surface area contributed by atoms with Gasteiger partial charge in [0, 0.05) is 11.9 Å². The standard InChI is InChI=1S/C18H18N4O4/c1-3-26-18(25)13-6-8-14(9-7-13)20-16(23)12(2)22-17(24)15-5-4-10-21(15)11-19-22/h4-12H,3H2,1-2H3,(H,20,23). The Labute approximate surface area is 149 Å². The molecule has 0 saturated carbocycles. The SMILES string of the molecule is CCOC(=O)c1ccc(NC(=O)C(C)n2ncn3cccc3c2=O)cc1. The van der Waals surface area contributed by atoms with Gasteiger partial charge in [0.1, 0.15) is 17.9 Å². The number of rotatable bonds is 5. The van der Waals surface area contributed by atoms with Crippen molar-refractivity contribution in [2.75, 3.05) is 11.9 Å². The lowest BCUT2D eigenvalue weighted by Gasteiger charge is -2.14. The van der Waals surface area contributed by atoms with Gasteiger partial charge in [-0.05, 0) is 50.2 Å². The summed E-state index contributed by atoms with van der Waals surface area (Å²) in [4.78, 5) is 36.5. The van der Waals surface area contributed by atoms with E-state index in [1.54, 1.807) is 60.8 Å². The predicted octanol–water partition coefficient (Wildman–Crippen LogP) is 1.87. The summed E-state index contributed by atoms with van der Waals surface area (Å²) < 4.78 is 7.64. The third-order valence-electron chi connectivity index (χ3n) is 3.92. The van der Waals surface area contributed by atoms with E-state index in [1.165, 1.54) is 6.33 Å². The van der Waals surface area contributed by atoms with Gasteiger partial charge in [-0.2, -0.15) is 5.10 Å². The molecule has 2 aromatic heterocycles. The molecule has 1 aromatic carbocycles. The molecule has 8 nitrogen and oxygen atoms in total. The highest BCUT2D eigenvalue weighted by atomic mass is 16.5. The van der Waals surface area contributed by atoms with Gasteiger partial charge in [-0.25, -0.2) is 9.48 Å². The van der Waals surface area contributed by atoms with Gasteiger partial charge in [0.15, 0.2) is 0 Å². The number of esters is 1. The first-order valence-electron chi connectivity index (χ1n) is 8.14. The first-order chi connectivity index (χ1) is 12.5. The Hall–Kier alpha value is -3.42. The van der Waals surface area contributed by atoms with Crippen LogP contribution >= 0.6 is 0 Å². The molecule has 8 heteroatoms. The summed E-state index contributed by atoms with van der Waals surface area (Å²) >= 11 is 0. The molecule has 0 spiro atoms. The zero-order chi connectivity index (χ0) is 18.7. The van der Waals surface area contributed by atoms with Crippen LogP contribution in [0.2, 0.25) is 0 Å². The summed E-state index contributed by atoms with van der Waals surface area (Å²) in [5, 5.41) is 6.75. The molecule has 0 aliphatic rings. The van der Waals surface area contributed by atoms with E-state index in [-0.39, 0.29) is 11.5 Å². The zero-order valence-electron chi connectivity index (χ0n) is 14.4. The molecule has 3 aromatic rings. The van der Waals surface area contributed by atoms with Crippen molar-refractivity contribution >= 4 is 23.1 Å². The highest BCUT2D eigenvalue weighted by Gasteiger charge is 2.19. The topological polar surface area (TPSA) is 94.7 Å². The van der Waals surface area contributed by atoms with Crippen LogP contribution in [0.3, 0.4) is 0 Å². The number of carbonyl (C=O) groups is 2. The summed E-state index contributed by atoms with van der Waals surface area (Å²) in [7, 11) is 0. The number of nitrogens with one attached hydrogen (secondary N) is 1. The van der Waals surface area contributed by atoms with Crippen molar-refractivity contribution in [3.8, 4) is 0 Å². The normalized spacial score (nSPS) is 11.9. The third-order valence-corrected chi connectivity index (χ3v) is 3.92. The number of aromatic nitrogens is 3. The number of ether oxygens (including phenoxy) is 1. The summed E-state index contributed by atoms with van der Waals surface area (Å²) in [6.45, 7) is 3.62. The minimum atomic E-state index is -0.799. The summed E-state index contributed by atoms with van der Waals surface area (Å²) in [6, 6.07) is 8.93. The van der Waals surface area contributed by atoms with Gasteiger partial charge >= 0.3 is 5.97 Å². The molecule has 1 amide bonds. The molecule has 0 aliphatic heterocycles. The smallest absolute Gasteiger partial charge is 0.338 e. The van der Waals surface area contributed by atoms with Crippen molar-refractivity contribution in [3.05, 3.63) is 64.8 Å². The Bertz CT molecular complexity index is 1000. The average Bonchev–Trinajstić information content (AvgIpc) is 3.12. The lowest BCUT2D eigenvalue weighted by Crippen LogP contribution is -2.34. The van der Waals surface area contributed by atoms with Crippen molar-refractivity contribution in [1.82, 2.24) is 14.2 Å². The highest BCUT2D eigenvalue weighted by Crippen LogP contribution is 2.13. The van der Waals surface area contributed by atoms with Crippen LogP contribution in [0.25, 0.3) is 5.52 Å². The van der Waals surface area contributed by atoms with E-state index < -0.39 is 12.0 Å². The fourth-order valence-corrected chi connectivity index (χ4v) is 2.49. The third kappa shape index (κ3) is 3.34. The van der Waals surface area contributed by atoms with Gasteiger partial charge < -0.3 is 14.5 Å². The zero-order valence-corrected chi connectivity index (χ0v) is 14.4. The van der Waals surface area contributed by atoms with E-state index in [2.05, 4.69) is 10.4 Å². The van der Waals surface area contributed by atoms with Crippen LogP contribution in [0.15, 0.2) is 53.7 Å². The Balaban J connectivity index is 1.75. The molecule has 0 radical (unpaired) electrons. The molecule has 1 N–H and O–H groups in total. The van der Waals surface area contributed by atoms with Gasteiger partial charge in [0.05, 0.1) is 12.2 Å². The first-order valence-corrected chi connectivity index (χ1v) is 8.14. The maximum absolute atomic E-state index is 12.5. The van der Waals surface area contributed by atoms with E-state index >= 15 is 0 Å². The van der Waals surface area contributed by atoms with Gasteiger partial charge in [-0.1, -0.05) is 0 Å². The van der Waals surface area contributed by atoms with Crippen LogP contribution in [-0.2, 0) is 9.53 Å². The number of nitrogens with zero attached hydrogens (tertiary/aromatic N) is 3. The molecule has 2 heterocycles. The van der Waals surface area contributed by atoms with E-state index in [9.17, 15) is 14.4 Å². The Morgan fingerprint density at radius 1 is 1.23 bits per heavy atom. The lowest BCUT2D eigenvalue weighted by atomic mass is 10.2. The quantitative estimate of drug-likeness (QED) is 0.706. The van der Waals surface area contributed by atoms with E-state index in [4.69, 9.17) is 4.74 Å². The van der Waals surface area contributed by atoms with E-state index in [0.29, 0.717) is 23.4 Å². The molecule has 3 rings (SSSR count). The number of benzene rings is 1. The number of amides is 1. The van der Waals surface area contributed by atoms with Crippen molar-refractivity contribution in [2.45, 2.75) is 19.9 Å². The predicted molar refractivity (Wildman–Crippen MR) is 95.2 cm³/mol. The molecule has 0 bridgehead atoms. The second-order valence-electron chi connectivity index (χ2n) is 5.64. The summed E-state index contributed by atoms with van der Waals surface area (Å²) in [5.41, 5.74) is 0.998. The maximum Gasteiger partial charge on any atom is 0.338 e. The molecule has 0 saturated heterocycles. The lowest BCUT2D eigenvalue weighted by molar-refractivity contribution is -0.119. The van der Waals surface area contributed by atoms with Crippen molar-refractivity contribution in [2.24, 2.45) is 0 Å². The number of fused-ring (bicyclic) bond motifs is 1. The van der Waals surface area contributed by atoms with Crippen LogP contribution < -0.4 is 10.9 Å². The molecule has 1 atom stereocenters. The number of hydrogen-bond donors (Lipinski definition) is 1. The minimum absolute atomic E-state index is 0.294. The highest BCUT2D eigenvalue weighted by molar-refractivity contribution is 5.94.